The van der Waals surface area contributed by atoms with Crippen molar-refractivity contribution < 1.29 is 0 Å². The Hall–Kier alpha value is -1.60. The summed E-state index contributed by atoms with van der Waals surface area (Å²) in [5, 5.41) is 11.7. The van der Waals surface area contributed by atoms with Crippen LogP contribution in [0.5, 0.6) is 0 Å². The summed E-state index contributed by atoms with van der Waals surface area (Å²) in [6.07, 6.45) is 3.49. The third kappa shape index (κ3) is 2.62. The average Bonchev–Trinajstić information content (AvgIpc) is 2.81. The molecule has 0 aliphatic carbocycles. The van der Waals surface area contributed by atoms with Gasteiger partial charge in [0.15, 0.2) is 0 Å². The third-order valence-corrected chi connectivity index (χ3v) is 3.98. The van der Waals surface area contributed by atoms with Crippen LogP contribution in [0.25, 0.3) is 10.1 Å². The van der Waals surface area contributed by atoms with E-state index in [9.17, 15) is 4.79 Å². The standard InChI is InChI=1S/C14H16N2OS/c1-14(2,10-15)6-3-7-16-8-4-12-11(13(16)17)5-9-18-12/h4-5,8-9H,3,6-7H2,1-2H3. The van der Waals surface area contributed by atoms with E-state index >= 15 is 0 Å². The molecule has 0 atom stereocenters. The number of hydrogen-bond acceptors (Lipinski definition) is 3. The van der Waals surface area contributed by atoms with E-state index in [0.717, 1.165) is 22.9 Å². The number of thiophene rings is 1. The predicted molar refractivity (Wildman–Crippen MR) is 74.7 cm³/mol. The molecule has 2 rings (SSSR count). The molecule has 3 nitrogen and oxygen atoms in total. The van der Waals surface area contributed by atoms with Crippen LogP contribution in [-0.2, 0) is 6.54 Å². The number of hydrogen-bond donors (Lipinski definition) is 0. The molecule has 2 aromatic rings. The summed E-state index contributed by atoms with van der Waals surface area (Å²) in [5.41, 5.74) is -0.237. The lowest BCUT2D eigenvalue weighted by atomic mass is 9.90. The zero-order chi connectivity index (χ0) is 13.2. The summed E-state index contributed by atoms with van der Waals surface area (Å²) < 4.78 is 2.77. The highest BCUT2D eigenvalue weighted by Crippen LogP contribution is 2.21. The van der Waals surface area contributed by atoms with Crippen molar-refractivity contribution in [2.24, 2.45) is 5.41 Å². The Balaban J connectivity index is 2.11. The van der Waals surface area contributed by atoms with Crippen LogP contribution >= 0.6 is 11.3 Å². The highest BCUT2D eigenvalue weighted by Gasteiger charge is 2.15. The van der Waals surface area contributed by atoms with Crippen molar-refractivity contribution in [3.05, 3.63) is 34.1 Å². The van der Waals surface area contributed by atoms with Crippen LogP contribution in [0.1, 0.15) is 26.7 Å². The van der Waals surface area contributed by atoms with Crippen LogP contribution in [0.15, 0.2) is 28.5 Å². The molecule has 2 heterocycles. The number of nitriles is 1. The van der Waals surface area contributed by atoms with Crippen molar-refractivity contribution in [3.8, 4) is 6.07 Å². The minimum Gasteiger partial charge on any atom is -0.315 e. The van der Waals surface area contributed by atoms with Gasteiger partial charge in [0.1, 0.15) is 0 Å². The first kappa shape index (κ1) is 12.8. The first-order valence-corrected chi connectivity index (χ1v) is 6.89. The number of aromatic nitrogens is 1. The summed E-state index contributed by atoms with van der Waals surface area (Å²) in [5.74, 6) is 0. The molecule has 0 amide bonds. The minimum absolute atomic E-state index is 0.0727. The van der Waals surface area contributed by atoms with Gasteiger partial charge in [0.05, 0.1) is 16.9 Å². The van der Waals surface area contributed by atoms with Gasteiger partial charge in [-0.25, -0.2) is 0 Å². The predicted octanol–water partition coefficient (Wildman–Crippen LogP) is 3.39. The molecule has 0 saturated carbocycles. The highest BCUT2D eigenvalue weighted by molar-refractivity contribution is 7.17. The molecule has 18 heavy (non-hydrogen) atoms. The number of nitrogens with zero attached hydrogens (tertiary/aromatic N) is 2. The van der Waals surface area contributed by atoms with Gasteiger partial charge in [0, 0.05) is 17.4 Å². The van der Waals surface area contributed by atoms with Crippen LogP contribution in [0.2, 0.25) is 0 Å². The van der Waals surface area contributed by atoms with Crippen molar-refractivity contribution in [1.29, 1.82) is 5.26 Å². The van der Waals surface area contributed by atoms with Crippen LogP contribution in [-0.4, -0.2) is 4.57 Å². The summed E-state index contributed by atoms with van der Waals surface area (Å²) in [6.45, 7) is 4.53. The minimum atomic E-state index is -0.309. The van der Waals surface area contributed by atoms with Gasteiger partial charge in [-0.05, 0) is 44.2 Å². The number of fused-ring (bicyclic) bond motifs is 1. The average molecular weight is 260 g/mol. The molecule has 0 N–H and O–H groups in total. The molecule has 94 valence electrons. The van der Waals surface area contributed by atoms with Gasteiger partial charge in [-0.15, -0.1) is 11.3 Å². The topological polar surface area (TPSA) is 45.8 Å². The fraction of sp³-hybridized carbons (Fsp3) is 0.429. The van der Waals surface area contributed by atoms with Gasteiger partial charge in [-0.3, -0.25) is 4.79 Å². The zero-order valence-corrected chi connectivity index (χ0v) is 11.5. The van der Waals surface area contributed by atoms with E-state index in [0.29, 0.717) is 6.54 Å². The largest absolute Gasteiger partial charge is 0.315 e. The molecule has 0 aliphatic rings. The van der Waals surface area contributed by atoms with E-state index < -0.39 is 0 Å². The third-order valence-electron chi connectivity index (χ3n) is 3.10. The molecule has 0 saturated heterocycles. The second-order valence-corrected chi connectivity index (χ2v) is 6.06. The summed E-state index contributed by atoms with van der Waals surface area (Å²) >= 11 is 1.59. The number of pyridine rings is 1. The van der Waals surface area contributed by atoms with Gasteiger partial charge in [0.2, 0.25) is 0 Å². The van der Waals surface area contributed by atoms with Crippen LogP contribution in [0, 0.1) is 16.7 Å². The maximum absolute atomic E-state index is 12.1. The Morgan fingerprint density at radius 1 is 1.44 bits per heavy atom. The van der Waals surface area contributed by atoms with Crippen LogP contribution in [0.4, 0.5) is 0 Å². The van der Waals surface area contributed by atoms with Crippen molar-refractivity contribution >= 4 is 21.4 Å². The first-order valence-electron chi connectivity index (χ1n) is 6.01. The van der Waals surface area contributed by atoms with Gasteiger partial charge in [-0.2, -0.15) is 5.26 Å². The highest BCUT2D eigenvalue weighted by atomic mass is 32.1. The van der Waals surface area contributed by atoms with Gasteiger partial charge >= 0.3 is 0 Å². The molecule has 2 aromatic heterocycles. The Kier molecular flexibility index (Phi) is 3.53. The maximum atomic E-state index is 12.1. The van der Waals surface area contributed by atoms with Gasteiger partial charge in [0.25, 0.3) is 5.56 Å². The van der Waals surface area contributed by atoms with E-state index in [4.69, 9.17) is 5.26 Å². The molecule has 0 aliphatic heterocycles. The molecular formula is C14H16N2OS. The van der Waals surface area contributed by atoms with E-state index in [2.05, 4.69) is 6.07 Å². The second-order valence-electron chi connectivity index (χ2n) is 5.11. The Morgan fingerprint density at radius 2 is 2.22 bits per heavy atom. The smallest absolute Gasteiger partial charge is 0.259 e. The van der Waals surface area contributed by atoms with E-state index in [-0.39, 0.29) is 11.0 Å². The molecule has 0 radical (unpaired) electrons. The van der Waals surface area contributed by atoms with Crippen molar-refractivity contribution in [2.45, 2.75) is 33.2 Å². The summed E-state index contributed by atoms with van der Waals surface area (Å²) in [4.78, 5) is 12.1. The maximum Gasteiger partial charge on any atom is 0.259 e. The molecule has 0 aromatic carbocycles. The quantitative estimate of drug-likeness (QED) is 0.845. The number of rotatable bonds is 4. The molecule has 0 unspecified atom stereocenters. The zero-order valence-electron chi connectivity index (χ0n) is 10.6. The van der Waals surface area contributed by atoms with E-state index in [1.54, 1.807) is 15.9 Å². The number of aryl methyl sites for hydroxylation is 1. The molecule has 4 heteroatoms. The Bertz CT molecular complexity index is 646. The molecular weight excluding hydrogens is 244 g/mol. The molecule has 0 bridgehead atoms. The van der Waals surface area contributed by atoms with Gasteiger partial charge in [-0.1, -0.05) is 0 Å². The van der Waals surface area contributed by atoms with Crippen LogP contribution in [0.3, 0.4) is 0 Å². The molecule has 0 fully saturated rings. The normalized spacial score (nSPS) is 11.6. The SMILES string of the molecule is CC(C)(C#N)CCCn1ccc2sccc2c1=O. The lowest BCUT2D eigenvalue weighted by Crippen LogP contribution is -2.20. The van der Waals surface area contributed by atoms with Crippen LogP contribution < -0.4 is 5.56 Å². The monoisotopic (exact) mass is 260 g/mol. The fourth-order valence-corrected chi connectivity index (χ4v) is 2.70. The Labute approximate surface area is 110 Å². The van der Waals surface area contributed by atoms with E-state index in [1.165, 1.54) is 0 Å². The van der Waals surface area contributed by atoms with Gasteiger partial charge < -0.3 is 4.57 Å². The summed E-state index contributed by atoms with van der Waals surface area (Å²) in [6, 6.07) is 6.14. The first-order chi connectivity index (χ1) is 8.53. The lowest BCUT2D eigenvalue weighted by molar-refractivity contribution is 0.414. The lowest BCUT2D eigenvalue weighted by Gasteiger charge is -2.14. The van der Waals surface area contributed by atoms with Crippen molar-refractivity contribution in [3.63, 3.8) is 0 Å². The fourth-order valence-electron chi connectivity index (χ4n) is 1.93. The van der Waals surface area contributed by atoms with Crippen molar-refractivity contribution in [2.75, 3.05) is 0 Å². The second kappa shape index (κ2) is 4.95. The van der Waals surface area contributed by atoms with E-state index in [1.807, 2.05) is 37.6 Å². The summed E-state index contributed by atoms with van der Waals surface area (Å²) in [7, 11) is 0. The molecule has 0 spiro atoms. The van der Waals surface area contributed by atoms with Crippen molar-refractivity contribution in [1.82, 2.24) is 4.57 Å². The Morgan fingerprint density at radius 3 is 2.94 bits per heavy atom.